The van der Waals surface area contributed by atoms with Crippen LogP contribution in [-0.2, 0) is 6.61 Å². The Hall–Kier alpha value is -3.62. The van der Waals surface area contributed by atoms with Gasteiger partial charge in [0.2, 0.25) is 0 Å². The summed E-state index contributed by atoms with van der Waals surface area (Å²) in [5, 5.41) is 15.6. The van der Waals surface area contributed by atoms with Gasteiger partial charge in [-0.1, -0.05) is 35.3 Å². The number of nitro groups is 1. The minimum atomic E-state index is -0.539. The van der Waals surface area contributed by atoms with E-state index in [1.165, 1.54) is 30.5 Å². The maximum Gasteiger partial charge on any atom is 0.271 e. The maximum atomic E-state index is 12.2. The normalized spacial score (nSPS) is 10.8. The van der Waals surface area contributed by atoms with Crippen LogP contribution in [0, 0.1) is 10.1 Å². The first-order valence-corrected chi connectivity index (χ1v) is 10.5. The van der Waals surface area contributed by atoms with E-state index in [-0.39, 0.29) is 17.9 Å². The standard InChI is InChI=1S/C23H19Cl2N3O5/c1-2-32-21-12-16(11-20(25)22(21)33-14-15-3-7-18(24)8-4-15)13-26-27-23(29)17-5-9-19(10-6-17)28(30)31/h3-13H,2,14H2,1H3,(H,27,29)/b26-13-. The molecule has 0 aliphatic heterocycles. The molecule has 3 aromatic rings. The number of hydrogen-bond donors (Lipinski definition) is 1. The molecule has 0 fully saturated rings. The Balaban J connectivity index is 1.69. The van der Waals surface area contributed by atoms with E-state index >= 15 is 0 Å². The number of nitrogens with one attached hydrogen (secondary N) is 1. The maximum absolute atomic E-state index is 12.2. The summed E-state index contributed by atoms with van der Waals surface area (Å²) >= 11 is 12.3. The lowest BCUT2D eigenvalue weighted by Gasteiger charge is -2.14. The average Bonchev–Trinajstić information content (AvgIpc) is 2.80. The van der Waals surface area contributed by atoms with Crippen molar-refractivity contribution in [3.63, 3.8) is 0 Å². The molecule has 33 heavy (non-hydrogen) atoms. The third kappa shape index (κ3) is 6.68. The molecule has 3 rings (SSSR count). The van der Waals surface area contributed by atoms with Crippen LogP contribution < -0.4 is 14.9 Å². The van der Waals surface area contributed by atoms with E-state index in [9.17, 15) is 14.9 Å². The second-order valence-corrected chi connectivity index (χ2v) is 7.52. The number of hydrogen-bond acceptors (Lipinski definition) is 6. The molecule has 3 aromatic carbocycles. The lowest BCUT2D eigenvalue weighted by molar-refractivity contribution is -0.384. The zero-order valence-corrected chi connectivity index (χ0v) is 19.0. The number of carbonyl (C=O) groups is 1. The Morgan fingerprint density at radius 2 is 1.79 bits per heavy atom. The van der Waals surface area contributed by atoms with Gasteiger partial charge in [0.25, 0.3) is 11.6 Å². The van der Waals surface area contributed by atoms with E-state index in [1.54, 1.807) is 24.3 Å². The molecule has 0 saturated heterocycles. The van der Waals surface area contributed by atoms with Crippen LogP contribution >= 0.6 is 23.2 Å². The number of rotatable bonds is 9. The Kier molecular flexibility index (Phi) is 8.23. The lowest BCUT2D eigenvalue weighted by atomic mass is 10.2. The zero-order valence-electron chi connectivity index (χ0n) is 17.5. The van der Waals surface area contributed by atoms with E-state index in [1.807, 2.05) is 19.1 Å². The predicted octanol–water partition coefficient (Wildman–Crippen LogP) is 5.64. The second-order valence-electron chi connectivity index (χ2n) is 6.68. The molecular formula is C23H19Cl2N3O5. The number of benzene rings is 3. The van der Waals surface area contributed by atoms with Gasteiger partial charge in [0.05, 0.1) is 22.8 Å². The van der Waals surface area contributed by atoms with E-state index in [0.29, 0.717) is 33.7 Å². The van der Waals surface area contributed by atoms with Gasteiger partial charge >= 0.3 is 0 Å². The highest BCUT2D eigenvalue weighted by atomic mass is 35.5. The fourth-order valence-electron chi connectivity index (χ4n) is 2.77. The number of nitro benzene ring substituents is 1. The number of halogens is 2. The minimum Gasteiger partial charge on any atom is -0.490 e. The van der Waals surface area contributed by atoms with Gasteiger partial charge in [-0.25, -0.2) is 5.43 Å². The molecule has 0 heterocycles. The van der Waals surface area contributed by atoms with Crippen LogP contribution in [0.1, 0.15) is 28.4 Å². The first-order chi connectivity index (χ1) is 15.9. The molecule has 0 atom stereocenters. The molecule has 1 amide bonds. The van der Waals surface area contributed by atoms with Crippen molar-refractivity contribution in [1.82, 2.24) is 5.43 Å². The summed E-state index contributed by atoms with van der Waals surface area (Å²) in [7, 11) is 0. The molecule has 0 saturated carbocycles. The van der Waals surface area contributed by atoms with E-state index in [4.69, 9.17) is 32.7 Å². The van der Waals surface area contributed by atoms with Crippen molar-refractivity contribution in [1.29, 1.82) is 0 Å². The Morgan fingerprint density at radius 1 is 1.09 bits per heavy atom. The summed E-state index contributed by atoms with van der Waals surface area (Å²) in [5.74, 6) is 0.308. The summed E-state index contributed by atoms with van der Waals surface area (Å²) in [4.78, 5) is 22.3. The highest BCUT2D eigenvalue weighted by Crippen LogP contribution is 2.37. The van der Waals surface area contributed by atoms with Crippen LogP contribution in [0.5, 0.6) is 11.5 Å². The van der Waals surface area contributed by atoms with Crippen LogP contribution in [-0.4, -0.2) is 23.7 Å². The minimum absolute atomic E-state index is 0.105. The average molecular weight is 488 g/mol. The van der Waals surface area contributed by atoms with Gasteiger partial charge in [0, 0.05) is 22.7 Å². The number of carbonyl (C=O) groups excluding carboxylic acids is 1. The molecule has 0 unspecified atom stereocenters. The van der Waals surface area contributed by atoms with Crippen molar-refractivity contribution in [3.05, 3.63) is 97.5 Å². The molecule has 1 N–H and O–H groups in total. The summed E-state index contributed by atoms with van der Waals surface area (Å²) in [5.41, 5.74) is 3.99. The lowest BCUT2D eigenvalue weighted by Crippen LogP contribution is -2.17. The smallest absolute Gasteiger partial charge is 0.271 e. The van der Waals surface area contributed by atoms with Crippen molar-refractivity contribution >= 4 is 41.0 Å². The summed E-state index contributed by atoms with van der Waals surface area (Å²) in [6.45, 7) is 2.50. The topological polar surface area (TPSA) is 103 Å². The van der Waals surface area contributed by atoms with Crippen LogP contribution in [0.4, 0.5) is 5.69 Å². The van der Waals surface area contributed by atoms with Crippen LogP contribution in [0.25, 0.3) is 0 Å². The zero-order chi connectivity index (χ0) is 23.8. The van der Waals surface area contributed by atoms with Gasteiger partial charge in [-0.3, -0.25) is 14.9 Å². The first kappa shape index (κ1) is 24.0. The number of non-ortho nitro benzene ring substituents is 1. The van der Waals surface area contributed by atoms with Crippen molar-refractivity contribution < 1.29 is 19.2 Å². The molecule has 0 bridgehead atoms. The Morgan fingerprint density at radius 3 is 2.42 bits per heavy atom. The third-order valence-electron chi connectivity index (χ3n) is 4.35. The van der Waals surface area contributed by atoms with Crippen LogP contribution in [0.15, 0.2) is 65.8 Å². The summed E-state index contributed by atoms with van der Waals surface area (Å²) < 4.78 is 11.5. The van der Waals surface area contributed by atoms with Gasteiger partial charge in [-0.2, -0.15) is 5.10 Å². The van der Waals surface area contributed by atoms with Crippen LogP contribution in [0.2, 0.25) is 10.0 Å². The van der Waals surface area contributed by atoms with Crippen LogP contribution in [0.3, 0.4) is 0 Å². The molecule has 0 aromatic heterocycles. The molecule has 0 radical (unpaired) electrons. The monoisotopic (exact) mass is 487 g/mol. The van der Waals surface area contributed by atoms with E-state index in [2.05, 4.69) is 10.5 Å². The van der Waals surface area contributed by atoms with Crippen molar-refractivity contribution in [3.8, 4) is 11.5 Å². The number of ether oxygens (including phenoxy) is 2. The highest BCUT2D eigenvalue weighted by molar-refractivity contribution is 6.32. The third-order valence-corrected chi connectivity index (χ3v) is 4.88. The second kappa shape index (κ2) is 11.3. The van der Waals surface area contributed by atoms with Crippen molar-refractivity contribution in [2.45, 2.75) is 13.5 Å². The van der Waals surface area contributed by atoms with E-state index in [0.717, 1.165) is 5.56 Å². The van der Waals surface area contributed by atoms with Crippen molar-refractivity contribution in [2.75, 3.05) is 6.61 Å². The fourth-order valence-corrected chi connectivity index (χ4v) is 3.17. The Bertz CT molecular complexity index is 1170. The number of nitrogens with zero attached hydrogens (tertiary/aromatic N) is 2. The molecule has 10 heteroatoms. The largest absolute Gasteiger partial charge is 0.490 e. The van der Waals surface area contributed by atoms with Crippen molar-refractivity contribution in [2.24, 2.45) is 5.10 Å². The predicted molar refractivity (Wildman–Crippen MR) is 127 cm³/mol. The summed E-state index contributed by atoms with van der Waals surface area (Å²) in [6.07, 6.45) is 1.40. The quantitative estimate of drug-likeness (QED) is 0.239. The molecule has 0 spiro atoms. The number of hydrazone groups is 1. The highest BCUT2D eigenvalue weighted by Gasteiger charge is 2.13. The van der Waals surface area contributed by atoms with Gasteiger partial charge in [-0.05, 0) is 54.4 Å². The molecule has 0 aliphatic rings. The van der Waals surface area contributed by atoms with Gasteiger partial charge in [-0.15, -0.1) is 0 Å². The van der Waals surface area contributed by atoms with Gasteiger partial charge in [0.1, 0.15) is 6.61 Å². The van der Waals surface area contributed by atoms with E-state index < -0.39 is 10.8 Å². The van der Waals surface area contributed by atoms with Gasteiger partial charge < -0.3 is 9.47 Å². The molecule has 0 aliphatic carbocycles. The molecule has 170 valence electrons. The van der Waals surface area contributed by atoms with Gasteiger partial charge in [0.15, 0.2) is 11.5 Å². The Labute approximate surface area is 199 Å². The first-order valence-electron chi connectivity index (χ1n) is 9.79. The molecule has 8 nitrogen and oxygen atoms in total. The number of amides is 1. The SMILES string of the molecule is CCOc1cc(/C=N\NC(=O)c2ccc([N+](=O)[O-])cc2)cc(Cl)c1OCc1ccc(Cl)cc1. The summed E-state index contributed by atoms with van der Waals surface area (Å²) in [6, 6.07) is 15.8. The fraction of sp³-hybridized carbons (Fsp3) is 0.130. The molecular weight excluding hydrogens is 469 g/mol.